The van der Waals surface area contributed by atoms with Gasteiger partial charge >= 0.3 is 0 Å². The van der Waals surface area contributed by atoms with Crippen molar-refractivity contribution in [3.05, 3.63) is 34.1 Å². The molecule has 2 N–H and O–H groups in total. The highest BCUT2D eigenvalue weighted by molar-refractivity contribution is 9.10. The van der Waals surface area contributed by atoms with Gasteiger partial charge in [0.25, 0.3) is 0 Å². The summed E-state index contributed by atoms with van der Waals surface area (Å²) in [6.07, 6.45) is 0. The lowest BCUT2D eigenvalue weighted by molar-refractivity contribution is 0.619. The summed E-state index contributed by atoms with van der Waals surface area (Å²) in [6, 6.07) is 4.96. The first-order valence-electron chi connectivity index (χ1n) is 4.80. The van der Waals surface area contributed by atoms with Crippen LogP contribution >= 0.6 is 27.7 Å². The monoisotopic (exact) mass is 316 g/mol. The van der Waals surface area contributed by atoms with Crippen LogP contribution in [0.1, 0.15) is 5.56 Å². The predicted octanol–water partition coefficient (Wildman–Crippen LogP) is 2.59. The van der Waals surface area contributed by atoms with Gasteiger partial charge in [0.15, 0.2) is 5.16 Å². The maximum atomic E-state index is 13.3. The van der Waals surface area contributed by atoms with E-state index in [1.807, 2.05) is 6.07 Å². The van der Waals surface area contributed by atoms with Gasteiger partial charge in [0.1, 0.15) is 5.82 Å². The van der Waals surface area contributed by atoms with Crippen molar-refractivity contribution in [2.24, 2.45) is 7.05 Å². The smallest absolute Gasteiger partial charge is 0.222 e. The molecule has 1 aromatic heterocycles. The Kier molecular flexibility index (Phi) is 3.68. The van der Waals surface area contributed by atoms with E-state index in [-0.39, 0.29) is 5.82 Å². The maximum Gasteiger partial charge on any atom is 0.222 e. The summed E-state index contributed by atoms with van der Waals surface area (Å²) in [4.78, 5) is 0. The van der Waals surface area contributed by atoms with Crippen LogP contribution in [0.4, 0.5) is 10.3 Å². The first-order chi connectivity index (χ1) is 8.09. The molecule has 0 amide bonds. The quantitative estimate of drug-likeness (QED) is 0.884. The molecule has 0 saturated heterocycles. The van der Waals surface area contributed by atoms with E-state index in [2.05, 4.69) is 26.1 Å². The molecule has 0 fully saturated rings. The zero-order chi connectivity index (χ0) is 12.4. The minimum Gasteiger partial charge on any atom is -0.368 e. The summed E-state index contributed by atoms with van der Waals surface area (Å²) in [5.41, 5.74) is 6.44. The van der Waals surface area contributed by atoms with Crippen LogP contribution in [0, 0.1) is 5.82 Å². The van der Waals surface area contributed by atoms with Crippen molar-refractivity contribution in [3.8, 4) is 0 Å². The molecule has 0 saturated carbocycles. The lowest BCUT2D eigenvalue weighted by Crippen LogP contribution is -1.98. The van der Waals surface area contributed by atoms with Crippen LogP contribution in [0.5, 0.6) is 0 Å². The van der Waals surface area contributed by atoms with E-state index in [0.717, 1.165) is 5.56 Å². The highest BCUT2D eigenvalue weighted by Crippen LogP contribution is 2.27. The van der Waals surface area contributed by atoms with E-state index in [1.165, 1.54) is 17.8 Å². The van der Waals surface area contributed by atoms with Crippen molar-refractivity contribution in [2.75, 3.05) is 5.73 Å². The molecule has 0 aliphatic rings. The summed E-state index contributed by atoms with van der Waals surface area (Å²) in [5, 5.41) is 8.38. The fourth-order valence-corrected chi connectivity index (χ4v) is 2.76. The number of halogens is 2. The zero-order valence-electron chi connectivity index (χ0n) is 9.02. The van der Waals surface area contributed by atoms with E-state index in [4.69, 9.17) is 5.73 Å². The molecular weight excluding hydrogens is 307 g/mol. The molecule has 0 bridgehead atoms. The Morgan fingerprint density at radius 2 is 2.24 bits per heavy atom. The first kappa shape index (κ1) is 12.4. The molecule has 0 spiro atoms. The van der Waals surface area contributed by atoms with E-state index in [9.17, 15) is 4.39 Å². The third kappa shape index (κ3) is 2.61. The lowest BCUT2D eigenvalue weighted by atomic mass is 10.2. The minimum absolute atomic E-state index is 0.263. The van der Waals surface area contributed by atoms with Gasteiger partial charge in [-0.3, -0.25) is 4.57 Å². The van der Waals surface area contributed by atoms with Crippen LogP contribution in [0.25, 0.3) is 0 Å². The summed E-state index contributed by atoms with van der Waals surface area (Å²) in [7, 11) is 1.79. The second-order valence-electron chi connectivity index (χ2n) is 3.40. The van der Waals surface area contributed by atoms with E-state index < -0.39 is 0 Å². The van der Waals surface area contributed by atoms with Gasteiger partial charge in [-0.2, -0.15) is 0 Å². The van der Waals surface area contributed by atoms with Crippen molar-refractivity contribution in [3.63, 3.8) is 0 Å². The van der Waals surface area contributed by atoms with Crippen LogP contribution in [0.3, 0.4) is 0 Å². The second kappa shape index (κ2) is 5.05. The van der Waals surface area contributed by atoms with Gasteiger partial charge in [-0.25, -0.2) is 4.39 Å². The van der Waals surface area contributed by atoms with E-state index in [0.29, 0.717) is 21.3 Å². The van der Waals surface area contributed by atoms with Gasteiger partial charge in [0, 0.05) is 12.8 Å². The summed E-state index contributed by atoms with van der Waals surface area (Å²) < 4.78 is 15.5. The molecule has 2 rings (SSSR count). The number of hydrogen-bond acceptors (Lipinski definition) is 4. The Balaban J connectivity index is 2.13. The Bertz CT molecular complexity index is 543. The van der Waals surface area contributed by atoms with Crippen molar-refractivity contribution in [1.82, 2.24) is 14.8 Å². The fourth-order valence-electron chi connectivity index (χ4n) is 1.25. The van der Waals surface area contributed by atoms with Crippen LogP contribution in [-0.2, 0) is 12.8 Å². The van der Waals surface area contributed by atoms with Gasteiger partial charge in [-0.05, 0) is 27.6 Å². The molecule has 0 unspecified atom stereocenters. The minimum atomic E-state index is -0.263. The fraction of sp³-hybridized carbons (Fsp3) is 0.200. The summed E-state index contributed by atoms with van der Waals surface area (Å²) >= 11 is 4.68. The summed E-state index contributed by atoms with van der Waals surface area (Å²) in [6.45, 7) is 0. The SMILES string of the molecule is Cn1c(N)nnc1SCc1cccc(F)c1Br. The number of nitrogen functional groups attached to an aromatic ring is 1. The topological polar surface area (TPSA) is 56.7 Å². The number of rotatable bonds is 3. The van der Waals surface area contributed by atoms with E-state index in [1.54, 1.807) is 17.7 Å². The Hall–Kier alpha value is -1.08. The number of anilines is 1. The molecule has 7 heteroatoms. The zero-order valence-corrected chi connectivity index (χ0v) is 11.4. The van der Waals surface area contributed by atoms with Gasteiger partial charge in [-0.15, -0.1) is 10.2 Å². The lowest BCUT2D eigenvalue weighted by Gasteiger charge is -2.04. The summed E-state index contributed by atoms with van der Waals surface area (Å²) in [5.74, 6) is 0.705. The number of thioether (sulfide) groups is 1. The van der Waals surface area contributed by atoms with Crippen LogP contribution < -0.4 is 5.73 Å². The number of aromatic nitrogens is 3. The Labute approximate surface area is 111 Å². The Morgan fingerprint density at radius 1 is 1.47 bits per heavy atom. The molecule has 0 aliphatic carbocycles. The molecule has 0 radical (unpaired) electrons. The third-order valence-electron chi connectivity index (χ3n) is 2.26. The average molecular weight is 317 g/mol. The van der Waals surface area contributed by atoms with Gasteiger partial charge in [0.05, 0.1) is 4.47 Å². The van der Waals surface area contributed by atoms with Gasteiger partial charge < -0.3 is 5.73 Å². The van der Waals surface area contributed by atoms with Crippen LogP contribution in [0.15, 0.2) is 27.8 Å². The predicted molar refractivity (Wildman–Crippen MR) is 69.1 cm³/mol. The standard InChI is InChI=1S/C10H10BrFN4S/c1-16-9(13)14-15-10(16)17-5-6-3-2-4-7(12)8(6)11/h2-4H,5H2,1H3,(H2,13,14). The molecular formula is C10H10BrFN4S. The number of hydrogen-bond donors (Lipinski definition) is 1. The Morgan fingerprint density at radius 3 is 2.88 bits per heavy atom. The van der Waals surface area contributed by atoms with Crippen molar-refractivity contribution in [2.45, 2.75) is 10.9 Å². The largest absolute Gasteiger partial charge is 0.368 e. The van der Waals surface area contributed by atoms with Crippen molar-refractivity contribution < 1.29 is 4.39 Å². The van der Waals surface area contributed by atoms with Gasteiger partial charge in [-0.1, -0.05) is 23.9 Å². The molecule has 17 heavy (non-hydrogen) atoms. The normalized spacial score (nSPS) is 10.8. The third-order valence-corrected chi connectivity index (χ3v) is 4.21. The molecule has 1 heterocycles. The molecule has 0 atom stereocenters. The highest BCUT2D eigenvalue weighted by atomic mass is 79.9. The molecule has 4 nitrogen and oxygen atoms in total. The average Bonchev–Trinajstić information content (AvgIpc) is 2.62. The molecule has 1 aromatic carbocycles. The van der Waals surface area contributed by atoms with Crippen LogP contribution in [0.2, 0.25) is 0 Å². The highest BCUT2D eigenvalue weighted by Gasteiger charge is 2.09. The van der Waals surface area contributed by atoms with Crippen molar-refractivity contribution in [1.29, 1.82) is 0 Å². The first-order valence-corrected chi connectivity index (χ1v) is 6.58. The number of nitrogens with zero attached hydrogens (tertiary/aromatic N) is 3. The number of nitrogens with two attached hydrogens (primary N) is 1. The van der Waals surface area contributed by atoms with Crippen LogP contribution in [-0.4, -0.2) is 14.8 Å². The molecule has 2 aromatic rings. The molecule has 0 aliphatic heterocycles. The second-order valence-corrected chi connectivity index (χ2v) is 5.14. The van der Waals surface area contributed by atoms with Gasteiger partial charge in [0.2, 0.25) is 5.95 Å². The maximum absolute atomic E-state index is 13.3. The van der Waals surface area contributed by atoms with Crippen molar-refractivity contribution >= 4 is 33.6 Å². The molecule has 90 valence electrons. The van der Waals surface area contributed by atoms with E-state index >= 15 is 0 Å². The number of benzene rings is 1.